The lowest BCUT2D eigenvalue weighted by Crippen LogP contribution is -1.87. The summed E-state index contributed by atoms with van der Waals surface area (Å²) in [5.74, 6) is 0.894. The molecule has 2 nitrogen and oxygen atoms in total. The molecular formula is C13H14N2S. The van der Waals surface area contributed by atoms with Gasteiger partial charge in [-0.3, -0.25) is 4.98 Å². The first-order chi connectivity index (χ1) is 7.74. The zero-order chi connectivity index (χ0) is 11.4. The zero-order valence-electron chi connectivity index (χ0n) is 9.18. The van der Waals surface area contributed by atoms with Gasteiger partial charge in [0.15, 0.2) is 0 Å². The van der Waals surface area contributed by atoms with Gasteiger partial charge in [-0.15, -0.1) is 11.8 Å². The number of nitrogens with two attached hydrogens (primary N) is 1. The van der Waals surface area contributed by atoms with E-state index >= 15 is 0 Å². The van der Waals surface area contributed by atoms with Gasteiger partial charge in [0.2, 0.25) is 0 Å². The number of pyridine rings is 1. The number of hydrogen-bond donors (Lipinski definition) is 1. The minimum Gasteiger partial charge on any atom is -0.399 e. The van der Waals surface area contributed by atoms with E-state index in [0.717, 1.165) is 17.1 Å². The van der Waals surface area contributed by atoms with E-state index in [1.807, 2.05) is 36.5 Å². The second kappa shape index (κ2) is 5.03. The van der Waals surface area contributed by atoms with Crippen molar-refractivity contribution in [3.63, 3.8) is 0 Å². The molecule has 0 aliphatic heterocycles. The monoisotopic (exact) mass is 230 g/mol. The zero-order valence-corrected chi connectivity index (χ0v) is 10.00. The van der Waals surface area contributed by atoms with Crippen LogP contribution in [0.2, 0.25) is 0 Å². The van der Waals surface area contributed by atoms with Crippen molar-refractivity contribution in [2.45, 2.75) is 17.6 Å². The van der Waals surface area contributed by atoms with Crippen LogP contribution in [0.4, 0.5) is 5.69 Å². The molecule has 1 heterocycles. The lowest BCUT2D eigenvalue weighted by molar-refractivity contribution is 1.15. The first-order valence-electron chi connectivity index (χ1n) is 5.14. The molecule has 0 radical (unpaired) electrons. The van der Waals surface area contributed by atoms with Crippen molar-refractivity contribution in [1.82, 2.24) is 4.98 Å². The molecule has 0 fully saturated rings. The second-order valence-electron chi connectivity index (χ2n) is 3.68. The van der Waals surface area contributed by atoms with Gasteiger partial charge in [0.25, 0.3) is 0 Å². The third-order valence-corrected chi connectivity index (χ3v) is 3.28. The van der Waals surface area contributed by atoms with Crippen LogP contribution in [-0.2, 0) is 5.75 Å². The fourth-order valence-corrected chi connectivity index (χ4v) is 2.20. The summed E-state index contributed by atoms with van der Waals surface area (Å²) in [7, 11) is 0. The highest BCUT2D eigenvalue weighted by molar-refractivity contribution is 7.98. The molecule has 0 amide bonds. The number of thioether (sulfide) groups is 1. The smallest absolute Gasteiger partial charge is 0.0508 e. The van der Waals surface area contributed by atoms with Crippen molar-refractivity contribution in [3.8, 4) is 0 Å². The van der Waals surface area contributed by atoms with E-state index in [0.29, 0.717) is 0 Å². The van der Waals surface area contributed by atoms with Crippen LogP contribution in [0.1, 0.15) is 11.3 Å². The lowest BCUT2D eigenvalue weighted by Gasteiger charge is -2.02. The predicted octanol–water partition coefficient (Wildman–Crippen LogP) is 3.26. The van der Waals surface area contributed by atoms with Gasteiger partial charge in [-0.05, 0) is 48.9 Å². The number of nitrogen functional groups attached to an aromatic ring is 1. The van der Waals surface area contributed by atoms with E-state index in [2.05, 4.69) is 18.0 Å². The molecule has 0 aliphatic carbocycles. The molecule has 0 unspecified atom stereocenters. The summed E-state index contributed by atoms with van der Waals surface area (Å²) in [6.45, 7) is 2.08. The first kappa shape index (κ1) is 11.0. The average molecular weight is 230 g/mol. The van der Waals surface area contributed by atoms with E-state index in [1.165, 1.54) is 10.5 Å². The SMILES string of the molecule is Cc1ccnc(CSc2ccc(N)cc2)c1. The van der Waals surface area contributed by atoms with Crippen LogP contribution >= 0.6 is 11.8 Å². The lowest BCUT2D eigenvalue weighted by atomic mass is 10.3. The molecule has 0 saturated carbocycles. The first-order valence-corrected chi connectivity index (χ1v) is 6.12. The van der Waals surface area contributed by atoms with Gasteiger partial charge < -0.3 is 5.73 Å². The number of nitrogens with zero attached hydrogens (tertiary/aromatic N) is 1. The molecule has 3 heteroatoms. The Morgan fingerprint density at radius 1 is 1.19 bits per heavy atom. The summed E-state index contributed by atoms with van der Waals surface area (Å²) >= 11 is 1.77. The molecule has 2 aromatic rings. The highest BCUT2D eigenvalue weighted by atomic mass is 32.2. The van der Waals surface area contributed by atoms with Crippen LogP contribution in [0.3, 0.4) is 0 Å². The van der Waals surface area contributed by atoms with Gasteiger partial charge in [-0.1, -0.05) is 0 Å². The maximum Gasteiger partial charge on any atom is 0.0508 e. The second-order valence-corrected chi connectivity index (χ2v) is 4.73. The number of benzene rings is 1. The fourth-order valence-electron chi connectivity index (χ4n) is 1.40. The standard InChI is InChI=1S/C13H14N2S/c1-10-6-7-15-12(8-10)9-16-13-4-2-11(14)3-5-13/h2-8H,9,14H2,1H3. The van der Waals surface area contributed by atoms with Gasteiger partial charge in [-0.2, -0.15) is 0 Å². The number of hydrogen-bond acceptors (Lipinski definition) is 3. The molecule has 1 aromatic heterocycles. The number of aryl methyl sites for hydroxylation is 1. The Morgan fingerprint density at radius 3 is 2.62 bits per heavy atom. The average Bonchev–Trinajstić information content (AvgIpc) is 2.28. The van der Waals surface area contributed by atoms with Crippen LogP contribution in [0, 0.1) is 6.92 Å². The van der Waals surface area contributed by atoms with Crippen molar-refractivity contribution in [2.75, 3.05) is 5.73 Å². The summed E-state index contributed by atoms with van der Waals surface area (Å²) in [5.41, 5.74) is 8.80. The van der Waals surface area contributed by atoms with Gasteiger partial charge in [0.05, 0.1) is 5.69 Å². The minimum absolute atomic E-state index is 0.804. The molecular weight excluding hydrogens is 216 g/mol. The molecule has 16 heavy (non-hydrogen) atoms. The minimum atomic E-state index is 0.804. The third kappa shape index (κ3) is 3.00. The van der Waals surface area contributed by atoms with Gasteiger partial charge >= 0.3 is 0 Å². The number of aromatic nitrogens is 1. The van der Waals surface area contributed by atoms with Crippen LogP contribution in [-0.4, -0.2) is 4.98 Å². The van der Waals surface area contributed by atoms with Crippen LogP contribution in [0.5, 0.6) is 0 Å². The molecule has 2 N–H and O–H groups in total. The Labute approximate surface area is 99.9 Å². The third-order valence-electron chi connectivity index (χ3n) is 2.24. The van der Waals surface area contributed by atoms with Crippen LogP contribution in [0.25, 0.3) is 0 Å². The fraction of sp³-hybridized carbons (Fsp3) is 0.154. The Kier molecular flexibility index (Phi) is 3.47. The summed E-state index contributed by atoms with van der Waals surface area (Å²) < 4.78 is 0. The van der Waals surface area contributed by atoms with Crippen molar-refractivity contribution in [3.05, 3.63) is 53.9 Å². The molecule has 0 saturated heterocycles. The van der Waals surface area contributed by atoms with Crippen molar-refractivity contribution in [2.24, 2.45) is 0 Å². The Balaban J connectivity index is 1.99. The Bertz CT molecular complexity index is 466. The van der Waals surface area contributed by atoms with Gasteiger partial charge in [-0.25, -0.2) is 0 Å². The van der Waals surface area contributed by atoms with Gasteiger partial charge in [0, 0.05) is 22.5 Å². The van der Waals surface area contributed by atoms with E-state index < -0.39 is 0 Å². The Morgan fingerprint density at radius 2 is 1.94 bits per heavy atom. The maximum atomic E-state index is 5.63. The van der Waals surface area contributed by atoms with E-state index in [4.69, 9.17) is 5.73 Å². The summed E-state index contributed by atoms with van der Waals surface area (Å²) in [4.78, 5) is 5.55. The normalized spacial score (nSPS) is 10.3. The molecule has 1 aromatic carbocycles. The summed E-state index contributed by atoms with van der Waals surface area (Å²) in [6.07, 6.45) is 1.86. The highest BCUT2D eigenvalue weighted by Gasteiger charge is 1.97. The van der Waals surface area contributed by atoms with Crippen molar-refractivity contribution < 1.29 is 0 Å². The molecule has 2 rings (SSSR count). The largest absolute Gasteiger partial charge is 0.399 e. The number of rotatable bonds is 3. The molecule has 82 valence electrons. The molecule has 0 atom stereocenters. The van der Waals surface area contributed by atoms with Crippen LogP contribution in [0.15, 0.2) is 47.5 Å². The van der Waals surface area contributed by atoms with Crippen molar-refractivity contribution in [1.29, 1.82) is 0 Å². The number of anilines is 1. The maximum absolute atomic E-state index is 5.63. The Hall–Kier alpha value is -1.48. The molecule has 0 spiro atoms. The predicted molar refractivity (Wildman–Crippen MR) is 69.4 cm³/mol. The van der Waals surface area contributed by atoms with E-state index in [-0.39, 0.29) is 0 Å². The van der Waals surface area contributed by atoms with E-state index in [9.17, 15) is 0 Å². The highest BCUT2D eigenvalue weighted by Crippen LogP contribution is 2.22. The quantitative estimate of drug-likeness (QED) is 0.649. The van der Waals surface area contributed by atoms with Crippen LogP contribution < -0.4 is 5.73 Å². The summed E-state index contributed by atoms with van der Waals surface area (Å²) in [5, 5.41) is 0. The molecule has 0 bridgehead atoms. The molecule has 0 aliphatic rings. The van der Waals surface area contributed by atoms with E-state index in [1.54, 1.807) is 11.8 Å². The van der Waals surface area contributed by atoms with Gasteiger partial charge in [0.1, 0.15) is 0 Å². The topological polar surface area (TPSA) is 38.9 Å². The summed E-state index contributed by atoms with van der Waals surface area (Å²) in [6, 6.07) is 12.0. The van der Waals surface area contributed by atoms with Crippen molar-refractivity contribution >= 4 is 17.4 Å².